The van der Waals surface area contributed by atoms with Crippen molar-refractivity contribution in [3.8, 4) is 11.6 Å². The van der Waals surface area contributed by atoms with Crippen LogP contribution in [0.2, 0.25) is 0 Å². The van der Waals surface area contributed by atoms with Crippen LogP contribution in [0, 0.1) is 0 Å². The molecule has 0 aliphatic carbocycles. The zero-order valence-electron chi connectivity index (χ0n) is 10.8. The first kappa shape index (κ1) is 12.3. The van der Waals surface area contributed by atoms with Crippen molar-refractivity contribution in [3.05, 3.63) is 12.4 Å². The van der Waals surface area contributed by atoms with Gasteiger partial charge in [-0.3, -0.25) is 0 Å². The largest absolute Gasteiger partial charge is 0.490 e. The molecule has 0 bridgehead atoms. The van der Waals surface area contributed by atoms with E-state index >= 15 is 0 Å². The zero-order valence-corrected chi connectivity index (χ0v) is 10.8. The second-order valence-electron chi connectivity index (χ2n) is 4.59. The standard InChI is InChI=1S/C12H15BN4O2/c1-18-10-6-17-11(9(13)5-15-17)16-12(10)19-7-8-3-2-4-14-8/h5-6,8,14H,2-4,7H2,1H3. The molecule has 0 spiro atoms. The molecule has 0 saturated carbocycles. The van der Waals surface area contributed by atoms with Gasteiger partial charge in [-0.25, -0.2) is 4.52 Å². The minimum absolute atomic E-state index is 0.380. The van der Waals surface area contributed by atoms with Crippen LogP contribution < -0.4 is 20.3 Å². The van der Waals surface area contributed by atoms with E-state index in [2.05, 4.69) is 15.4 Å². The van der Waals surface area contributed by atoms with Crippen molar-refractivity contribution in [1.82, 2.24) is 19.9 Å². The van der Waals surface area contributed by atoms with Crippen LogP contribution in [0.25, 0.3) is 5.65 Å². The number of hydrogen-bond donors (Lipinski definition) is 1. The van der Waals surface area contributed by atoms with Crippen molar-refractivity contribution in [2.45, 2.75) is 18.9 Å². The fourth-order valence-electron chi connectivity index (χ4n) is 2.22. The summed E-state index contributed by atoms with van der Waals surface area (Å²) in [7, 11) is 7.38. The van der Waals surface area contributed by atoms with Crippen LogP contribution in [0.1, 0.15) is 12.8 Å². The number of hydrogen-bond acceptors (Lipinski definition) is 5. The molecular weight excluding hydrogens is 243 g/mol. The summed E-state index contributed by atoms with van der Waals surface area (Å²) in [4.78, 5) is 4.37. The van der Waals surface area contributed by atoms with Crippen LogP contribution in [-0.2, 0) is 0 Å². The molecule has 2 aromatic rings. The van der Waals surface area contributed by atoms with Crippen LogP contribution in [0.5, 0.6) is 11.6 Å². The van der Waals surface area contributed by atoms with E-state index in [-0.39, 0.29) is 0 Å². The van der Waals surface area contributed by atoms with Gasteiger partial charge in [0.25, 0.3) is 5.88 Å². The van der Waals surface area contributed by atoms with Gasteiger partial charge in [0.2, 0.25) is 0 Å². The molecule has 3 heterocycles. The number of methoxy groups -OCH3 is 1. The van der Waals surface area contributed by atoms with Crippen molar-refractivity contribution >= 4 is 19.0 Å². The lowest BCUT2D eigenvalue weighted by Crippen LogP contribution is -2.28. The molecule has 1 unspecified atom stereocenters. The number of ether oxygens (including phenoxy) is 2. The number of nitrogens with zero attached hydrogens (tertiary/aromatic N) is 3. The van der Waals surface area contributed by atoms with E-state index in [0.717, 1.165) is 13.0 Å². The SMILES string of the molecule is [B]c1cnn2cc(OC)c(OCC3CCCN3)nc12. The van der Waals surface area contributed by atoms with Gasteiger partial charge in [-0.2, -0.15) is 10.1 Å². The fourth-order valence-corrected chi connectivity index (χ4v) is 2.22. The minimum Gasteiger partial charge on any atom is -0.490 e. The first-order valence-electron chi connectivity index (χ1n) is 6.32. The van der Waals surface area contributed by atoms with Gasteiger partial charge in [-0.1, -0.05) is 0 Å². The number of rotatable bonds is 4. The Labute approximate surface area is 112 Å². The average molecular weight is 258 g/mol. The van der Waals surface area contributed by atoms with Gasteiger partial charge in [-0.05, 0) is 24.8 Å². The molecule has 98 valence electrons. The van der Waals surface area contributed by atoms with Crippen LogP contribution >= 0.6 is 0 Å². The zero-order chi connectivity index (χ0) is 13.2. The van der Waals surface area contributed by atoms with Gasteiger partial charge in [0.05, 0.1) is 13.3 Å². The van der Waals surface area contributed by atoms with Crippen LogP contribution in [-0.4, -0.2) is 48.7 Å². The predicted molar refractivity (Wildman–Crippen MR) is 71.4 cm³/mol. The molecule has 1 fully saturated rings. The molecule has 7 heteroatoms. The van der Waals surface area contributed by atoms with E-state index in [0.29, 0.717) is 35.4 Å². The van der Waals surface area contributed by atoms with Crippen LogP contribution in [0.4, 0.5) is 0 Å². The molecule has 1 aliphatic heterocycles. The minimum atomic E-state index is 0.380. The first-order chi connectivity index (χ1) is 9.28. The van der Waals surface area contributed by atoms with Gasteiger partial charge < -0.3 is 14.8 Å². The molecule has 1 saturated heterocycles. The lowest BCUT2D eigenvalue weighted by molar-refractivity contribution is 0.252. The highest BCUT2D eigenvalue weighted by Crippen LogP contribution is 2.24. The Bertz CT molecular complexity index is 580. The third-order valence-electron chi connectivity index (χ3n) is 3.26. The van der Waals surface area contributed by atoms with E-state index in [1.165, 1.54) is 6.42 Å². The predicted octanol–water partition coefficient (Wildman–Crippen LogP) is -0.338. The Morgan fingerprint density at radius 3 is 3.21 bits per heavy atom. The second-order valence-corrected chi connectivity index (χ2v) is 4.59. The second kappa shape index (κ2) is 5.09. The maximum Gasteiger partial charge on any atom is 0.260 e. The molecule has 0 amide bonds. The molecule has 1 atom stereocenters. The van der Waals surface area contributed by atoms with E-state index in [1.54, 1.807) is 24.0 Å². The van der Waals surface area contributed by atoms with Crippen LogP contribution in [0.3, 0.4) is 0 Å². The maximum absolute atomic E-state index is 5.80. The first-order valence-corrected chi connectivity index (χ1v) is 6.32. The number of nitrogens with one attached hydrogen (secondary N) is 1. The van der Waals surface area contributed by atoms with E-state index in [4.69, 9.17) is 17.3 Å². The highest BCUT2D eigenvalue weighted by Gasteiger charge is 2.17. The summed E-state index contributed by atoms with van der Waals surface area (Å²) in [6, 6.07) is 0.380. The molecule has 19 heavy (non-hydrogen) atoms. The Morgan fingerprint density at radius 2 is 2.47 bits per heavy atom. The third kappa shape index (κ3) is 2.38. The number of aromatic nitrogens is 3. The average Bonchev–Trinajstić information content (AvgIpc) is 3.06. The van der Waals surface area contributed by atoms with E-state index in [9.17, 15) is 0 Å². The van der Waals surface area contributed by atoms with Crippen molar-refractivity contribution < 1.29 is 9.47 Å². The molecule has 1 aliphatic rings. The third-order valence-corrected chi connectivity index (χ3v) is 3.26. The van der Waals surface area contributed by atoms with Gasteiger partial charge >= 0.3 is 0 Å². The molecule has 2 radical (unpaired) electrons. The lowest BCUT2D eigenvalue weighted by Gasteiger charge is -2.13. The lowest BCUT2D eigenvalue weighted by atomic mass is 10.0. The number of fused-ring (bicyclic) bond motifs is 1. The van der Waals surface area contributed by atoms with Crippen LogP contribution in [0.15, 0.2) is 12.4 Å². The molecular formula is C12H15BN4O2. The quantitative estimate of drug-likeness (QED) is 0.760. The summed E-state index contributed by atoms with van der Waals surface area (Å²) in [5, 5.41) is 7.46. The summed E-state index contributed by atoms with van der Waals surface area (Å²) in [5.74, 6) is 1.00. The van der Waals surface area contributed by atoms with Gasteiger partial charge in [0.1, 0.15) is 14.5 Å². The normalized spacial score (nSPS) is 18.9. The molecule has 1 N–H and O–H groups in total. The highest BCUT2D eigenvalue weighted by atomic mass is 16.5. The molecule has 3 rings (SSSR count). The molecule has 6 nitrogen and oxygen atoms in total. The van der Waals surface area contributed by atoms with E-state index < -0.39 is 0 Å². The van der Waals surface area contributed by atoms with Gasteiger partial charge in [0, 0.05) is 12.2 Å². The summed E-state index contributed by atoms with van der Waals surface area (Å²) in [6.07, 6.45) is 5.59. The van der Waals surface area contributed by atoms with Gasteiger partial charge in [0.15, 0.2) is 11.4 Å². The maximum atomic E-state index is 5.80. The molecule has 0 aromatic carbocycles. The van der Waals surface area contributed by atoms with Crippen molar-refractivity contribution in [2.24, 2.45) is 0 Å². The van der Waals surface area contributed by atoms with E-state index in [1.807, 2.05) is 0 Å². The fraction of sp³-hybridized carbons (Fsp3) is 0.500. The Hall–Kier alpha value is -1.76. The van der Waals surface area contributed by atoms with Crippen molar-refractivity contribution in [2.75, 3.05) is 20.3 Å². The summed E-state index contributed by atoms with van der Waals surface area (Å²) in [6.45, 7) is 1.63. The highest BCUT2D eigenvalue weighted by molar-refractivity contribution is 6.36. The smallest absolute Gasteiger partial charge is 0.260 e. The van der Waals surface area contributed by atoms with Gasteiger partial charge in [-0.15, -0.1) is 0 Å². The van der Waals surface area contributed by atoms with Crippen molar-refractivity contribution in [3.63, 3.8) is 0 Å². The molecule has 2 aromatic heterocycles. The van der Waals surface area contributed by atoms with Crippen molar-refractivity contribution in [1.29, 1.82) is 0 Å². The summed E-state index contributed by atoms with van der Waals surface area (Å²) in [5.41, 5.74) is 1.10. The monoisotopic (exact) mass is 258 g/mol. The Morgan fingerprint density at radius 1 is 1.58 bits per heavy atom. The Kier molecular flexibility index (Phi) is 3.29. The summed E-state index contributed by atoms with van der Waals surface area (Å²) >= 11 is 0. The summed E-state index contributed by atoms with van der Waals surface area (Å²) < 4.78 is 12.6. The topological polar surface area (TPSA) is 60.7 Å². The Balaban J connectivity index is 1.85.